The van der Waals surface area contributed by atoms with Crippen molar-refractivity contribution in [3.05, 3.63) is 34.4 Å². The molecular weight excluding hydrogens is 185 g/mol. The first-order valence-corrected chi connectivity index (χ1v) is 4.76. The van der Waals surface area contributed by atoms with Gasteiger partial charge in [0, 0.05) is 6.07 Å². The molecule has 68 valence electrons. The minimum atomic E-state index is -0.342. The normalized spacial score (nSPS) is 10.0. The van der Waals surface area contributed by atoms with Crippen LogP contribution >= 0.6 is 8.20 Å². The lowest BCUT2D eigenvalue weighted by Gasteiger charge is -1.96. The van der Waals surface area contributed by atoms with E-state index in [1.54, 1.807) is 12.1 Å². The van der Waals surface area contributed by atoms with Gasteiger partial charge in [0.2, 0.25) is 0 Å². The van der Waals surface area contributed by atoms with Crippen LogP contribution in [0.3, 0.4) is 0 Å². The van der Waals surface area contributed by atoms with E-state index in [0.717, 1.165) is 18.8 Å². The van der Waals surface area contributed by atoms with Crippen LogP contribution in [0.25, 0.3) is 0 Å². The first-order chi connectivity index (χ1) is 6.11. The highest BCUT2D eigenvalue weighted by Crippen LogP contribution is 2.13. The third kappa shape index (κ3) is 2.63. The van der Waals surface area contributed by atoms with Gasteiger partial charge in [-0.3, -0.25) is 10.1 Å². The second-order valence-corrected chi connectivity index (χ2v) is 4.40. The summed E-state index contributed by atoms with van der Waals surface area (Å²) >= 11 is 0. The van der Waals surface area contributed by atoms with Gasteiger partial charge in [0.15, 0.2) is 0 Å². The molecule has 0 heterocycles. The van der Waals surface area contributed by atoms with E-state index in [-0.39, 0.29) is 10.6 Å². The second-order valence-electron chi connectivity index (χ2n) is 2.80. The summed E-state index contributed by atoms with van der Waals surface area (Å²) in [6, 6.07) is 6.82. The lowest BCUT2D eigenvalue weighted by atomic mass is 10.3. The fourth-order valence-electron chi connectivity index (χ4n) is 0.954. The summed E-state index contributed by atoms with van der Waals surface area (Å²) in [5.74, 6) is 0. The summed E-state index contributed by atoms with van der Waals surface area (Å²) in [6.45, 7) is 3.91. The number of hydrogen-bond acceptors (Lipinski definition) is 2. The average molecular weight is 195 g/mol. The van der Waals surface area contributed by atoms with Crippen molar-refractivity contribution >= 4 is 24.5 Å². The lowest BCUT2D eigenvalue weighted by Crippen LogP contribution is -2.02. The Balaban J connectivity index is 3.20. The van der Waals surface area contributed by atoms with Gasteiger partial charge >= 0.3 is 0 Å². The van der Waals surface area contributed by atoms with Gasteiger partial charge in [0.1, 0.15) is 0 Å². The molecule has 1 rings (SSSR count). The number of nitro groups is 1. The average Bonchev–Trinajstić information content (AvgIpc) is 2.03. The first-order valence-electron chi connectivity index (χ1n) is 3.86. The maximum Gasteiger partial charge on any atom is 0.281 e. The molecule has 0 unspecified atom stereocenters. The van der Waals surface area contributed by atoms with Gasteiger partial charge in [-0.15, -0.1) is 0 Å². The van der Waals surface area contributed by atoms with Crippen LogP contribution in [-0.4, -0.2) is 10.2 Å². The van der Waals surface area contributed by atoms with Gasteiger partial charge in [0.05, 0.1) is 10.2 Å². The fraction of sp³-hybridized carbons (Fsp3) is 0.222. The Hall–Kier alpha value is -1.21. The molecule has 0 fully saturated rings. The minimum absolute atomic E-state index is 0.199. The summed E-state index contributed by atoms with van der Waals surface area (Å²) in [4.78, 5) is 10.3. The summed E-state index contributed by atoms with van der Waals surface area (Å²) in [6.07, 6.45) is 0. The maximum atomic E-state index is 10.6. The van der Waals surface area contributed by atoms with Crippen molar-refractivity contribution in [2.45, 2.75) is 13.8 Å². The molecule has 0 radical (unpaired) electrons. The van der Waals surface area contributed by atoms with E-state index in [0.29, 0.717) is 0 Å². The van der Waals surface area contributed by atoms with Crippen molar-refractivity contribution in [1.82, 2.24) is 0 Å². The number of nitrogens with zero attached hydrogens (tertiary/aromatic N) is 1. The largest absolute Gasteiger partial charge is 0.281 e. The summed E-state index contributed by atoms with van der Waals surface area (Å²) < 4.78 is 0. The molecular formula is C9H10NO2P. The topological polar surface area (TPSA) is 43.1 Å². The molecule has 1 aromatic rings. The van der Waals surface area contributed by atoms with Gasteiger partial charge in [-0.05, 0) is 25.2 Å². The van der Waals surface area contributed by atoms with Crippen molar-refractivity contribution in [3.63, 3.8) is 0 Å². The molecule has 0 N–H and O–H groups in total. The van der Waals surface area contributed by atoms with Crippen LogP contribution in [0.2, 0.25) is 0 Å². The van der Waals surface area contributed by atoms with Gasteiger partial charge in [-0.25, -0.2) is 0 Å². The van der Waals surface area contributed by atoms with Crippen LogP contribution in [0.15, 0.2) is 24.3 Å². The van der Waals surface area contributed by atoms with Crippen LogP contribution < -0.4 is 5.30 Å². The van der Waals surface area contributed by atoms with E-state index in [9.17, 15) is 10.1 Å². The SMILES string of the molecule is CC(C)=Pc1ccccc1[N+](=O)[O-]. The maximum absolute atomic E-state index is 10.6. The van der Waals surface area contributed by atoms with Crippen molar-refractivity contribution in [2.75, 3.05) is 0 Å². The Morgan fingerprint density at radius 2 is 2.00 bits per heavy atom. The zero-order valence-corrected chi connectivity index (χ0v) is 8.41. The molecule has 0 aromatic heterocycles. The van der Waals surface area contributed by atoms with Crippen LogP contribution in [0, 0.1) is 10.1 Å². The number of rotatable bonds is 2. The monoisotopic (exact) mass is 195 g/mol. The Labute approximate surface area is 78.4 Å². The molecule has 4 heteroatoms. The van der Waals surface area contributed by atoms with E-state index in [1.807, 2.05) is 19.9 Å². The summed E-state index contributed by atoms with van der Waals surface area (Å²) in [5, 5.41) is 12.5. The summed E-state index contributed by atoms with van der Waals surface area (Å²) in [5.41, 5.74) is 0.199. The molecule has 0 amide bonds. The van der Waals surface area contributed by atoms with E-state index >= 15 is 0 Å². The van der Waals surface area contributed by atoms with Crippen molar-refractivity contribution in [2.24, 2.45) is 0 Å². The van der Waals surface area contributed by atoms with Crippen molar-refractivity contribution in [3.8, 4) is 0 Å². The molecule has 0 aliphatic rings. The molecule has 1 aromatic carbocycles. The Morgan fingerprint density at radius 3 is 2.54 bits per heavy atom. The quantitative estimate of drug-likeness (QED) is 0.413. The lowest BCUT2D eigenvalue weighted by molar-refractivity contribution is -0.383. The molecule has 0 aliphatic carbocycles. The van der Waals surface area contributed by atoms with E-state index < -0.39 is 0 Å². The van der Waals surface area contributed by atoms with Gasteiger partial charge in [-0.2, -0.15) is 0 Å². The predicted octanol–water partition coefficient (Wildman–Crippen LogP) is 2.38. The highest BCUT2D eigenvalue weighted by atomic mass is 31.1. The molecule has 13 heavy (non-hydrogen) atoms. The van der Waals surface area contributed by atoms with E-state index in [4.69, 9.17) is 0 Å². The molecule has 0 saturated heterocycles. The number of benzene rings is 1. The van der Waals surface area contributed by atoms with Crippen LogP contribution in [0.1, 0.15) is 13.8 Å². The highest BCUT2D eigenvalue weighted by molar-refractivity contribution is 7.49. The zero-order chi connectivity index (χ0) is 9.84. The molecule has 3 nitrogen and oxygen atoms in total. The molecule has 0 aliphatic heterocycles. The predicted molar refractivity (Wildman–Crippen MR) is 56.0 cm³/mol. The third-order valence-electron chi connectivity index (χ3n) is 1.42. The van der Waals surface area contributed by atoms with Crippen LogP contribution in [-0.2, 0) is 0 Å². The van der Waals surface area contributed by atoms with Crippen LogP contribution in [0.4, 0.5) is 5.69 Å². The van der Waals surface area contributed by atoms with Crippen molar-refractivity contribution in [1.29, 1.82) is 0 Å². The van der Waals surface area contributed by atoms with E-state index in [1.165, 1.54) is 6.07 Å². The smallest absolute Gasteiger partial charge is 0.258 e. The van der Waals surface area contributed by atoms with Gasteiger partial charge < -0.3 is 0 Å². The third-order valence-corrected chi connectivity index (χ3v) is 2.49. The molecule has 0 atom stereocenters. The summed E-state index contributed by atoms with van der Waals surface area (Å²) in [7, 11) is 0.928. The van der Waals surface area contributed by atoms with Crippen LogP contribution in [0.5, 0.6) is 0 Å². The van der Waals surface area contributed by atoms with Crippen molar-refractivity contribution < 1.29 is 4.92 Å². The molecule has 0 saturated carbocycles. The number of hydrogen-bond donors (Lipinski definition) is 0. The highest BCUT2D eigenvalue weighted by Gasteiger charge is 2.09. The Morgan fingerprint density at radius 1 is 1.38 bits per heavy atom. The fourth-order valence-corrected chi connectivity index (χ4v) is 1.87. The number of nitro benzene ring substituents is 1. The minimum Gasteiger partial charge on any atom is -0.258 e. The Bertz CT molecular complexity index is 356. The van der Waals surface area contributed by atoms with Gasteiger partial charge in [0.25, 0.3) is 5.69 Å². The van der Waals surface area contributed by atoms with E-state index in [2.05, 4.69) is 0 Å². The number of para-hydroxylation sites is 1. The second kappa shape index (κ2) is 4.15. The molecule has 0 spiro atoms. The molecule has 0 bridgehead atoms. The first kappa shape index (κ1) is 9.87. The van der Waals surface area contributed by atoms with Gasteiger partial charge in [-0.1, -0.05) is 20.3 Å². The zero-order valence-electron chi connectivity index (χ0n) is 7.52. The Kier molecular flexibility index (Phi) is 3.15. The standard InChI is InChI=1S/C9H10NO2P/c1-7(2)13-9-6-4-3-5-8(9)10(11)12/h3-6H,1-2H3.